The first-order chi connectivity index (χ1) is 14.9. The fourth-order valence-electron chi connectivity index (χ4n) is 3.91. The number of aromatic nitrogens is 1. The molecular formula is C25H23N3O3. The van der Waals surface area contributed by atoms with Gasteiger partial charge >= 0.3 is 0 Å². The lowest BCUT2D eigenvalue weighted by Gasteiger charge is -2.27. The molecule has 156 valence electrons. The van der Waals surface area contributed by atoms with Gasteiger partial charge in [-0.15, -0.1) is 0 Å². The molecule has 0 spiro atoms. The summed E-state index contributed by atoms with van der Waals surface area (Å²) in [6.07, 6.45) is 0. The number of hydrogen-bond acceptors (Lipinski definition) is 5. The molecule has 31 heavy (non-hydrogen) atoms. The Labute approximate surface area is 180 Å². The molecule has 2 heterocycles. The third kappa shape index (κ3) is 3.66. The van der Waals surface area contributed by atoms with E-state index >= 15 is 0 Å². The summed E-state index contributed by atoms with van der Waals surface area (Å²) in [6.45, 7) is 4.31. The summed E-state index contributed by atoms with van der Waals surface area (Å²) in [5.74, 6) is 0.389. The van der Waals surface area contributed by atoms with E-state index in [2.05, 4.69) is 6.07 Å². The van der Waals surface area contributed by atoms with Crippen molar-refractivity contribution in [2.75, 3.05) is 7.11 Å². The number of allylic oxidation sites excluding steroid dienone is 1. The molecule has 0 saturated carbocycles. The summed E-state index contributed by atoms with van der Waals surface area (Å²) in [5.41, 5.74) is 10.1. The lowest BCUT2D eigenvalue weighted by atomic mass is 9.84. The van der Waals surface area contributed by atoms with Gasteiger partial charge in [-0.3, -0.25) is 4.79 Å². The molecule has 1 atom stereocenters. The smallest absolute Gasteiger partial charge is 0.259 e. The van der Waals surface area contributed by atoms with Gasteiger partial charge in [0.1, 0.15) is 23.1 Å². The maximum atomic E-state index is 13.7. The SMILES string of the molecule is COc1cccc([C@@H]2C(C#N)=C(N)Oc3cc(C)n(Cc4ccc(C)cc4)c(=O)c32)c1. The van der Waals surface area contributed by atoms with Crippen LogP contribution in [-0.2, 0) is 6.54 Å². The van der Waals surface area contributed by atoms with Crippen LogP contribution in [0, 0.1) is 25.2 Å². The van der Waals surface area contributed by atoms with Gasteiger partial charge in [-0.1, -0.05) is 42.0 Å². The van der Waals surface area contributed by atoms with Crippen LogP contribution in [0.4, 0.5) is 0 Å². The first-order valence-electron chi connectivity index (χ1n) is 9.94. The van der Waals surface area contributed by atoms with Gasteiger partial charge in [-0.25, -0.2) is 0 Å². The number of aryl methyl sites for hydroxylation is 2. The Hall–Kier alpha value is -3.98. The number of nitrogens with two attached hydrogens (primary N) is 1. The molecule has 2 N–H and O–H groups in total. The second-order valence-corrected chi connectivity index (χ2v) is 7.64. The Morgan fingerprint density at radius 2 is 1.90 bits per heavy atom. The average Bonchev–Trinajstić information content (AvgIpc) is 2.77. The minimum absolute atomic E-state index is 0.0119. The summed E-state index contributed by atoms with van der Waals surface area (Å²) in [6, 6.07) is 19.3. The monoisotopic (exact) mass is 413 g/mol. The molecule has 0 fully saturated rings. The topological polar surface area (TPSA) is 90.3 Å². The third-order valence-corrected chi connectivity index (χ3v) is 5.58. The van der Waals surface area contributed by atoms with Crippen LogP contribution < -0.4 is 20.8 Å². The third-order valence-electron chi connectivity index (χ3n) is 5.58. The Morgan fingerprint density at radius 3 is 2.58 bits per heavy atom. The average molecular weight is 413 g/mol. The van der Waals surface area contributed by atoms with Crippen molar-refractivity contribution in [2.45, 2.75) is 26.3 Å². The number of benzene rings is 2. The summed E-state index contributed by atoms with van der Waals surface area (Å²) in [7, 11) is 1.57. The second-order valence-electron chi connectivity index (χ2n) is 7.64. The minimum atomic E-state index is -0.638. The maximum absolute atomic E-state index is 13.7. The molecule has 1 aliphatic heterocycles. The molecule has 6 heteroatoms. The highest BCUT2D eigenvalue weighted by Gasteiger charge is 2.34. The van der Waals surface area contributed by atoms with E-state index in [0.717, 1.165) is 22.4 Å². The Balaban J connectivity index is 1.91. The van der Waals surface area contributed by atoms with E-state index in [1.165, 1.54) is 0 Å². The standard InChI is InChI=1S/C25H23N3O3/c1-15-7-9-17(10-8-15)14-28-16(2)11-21-23(25(28)29)22(20(13-26)24(27)31-21)18-5-4-6-19(12-18)30-3/h4-12,22H,14,27H2,1-3H3/t22-/m1/s1. The van der Waals surface area contributed by atoms with Crippen LogP contribution in [0.15, 0.2) is 70.8 Å². The first kappa shape index (κ1) is 20.3. The Morgan fingerprint density at radius 1 is 1.16 bits per heavy atom. The Bertz CT molecular complexity index is 1280. The van der Waals surface area contributed by atoms with E-state index in [9.17, 15) is 10.1 Å². The van der Waals surface area contributed by atoms with Crippen molar-refractivity contribution in [1.29, 1.82) is 5.26 Å². The molecule has 0 bridgehead atoms. The van der Waals surface area contributed by atoms with Gasteiger partial charge < -0.3 is 19.8 Å². The molecule has 6 nitrogen and oxygen atoms in total. The number of methoxy groups -OCH3 is 1. The number of fused-ring (bicyclic) bond motifs is 1. The number of nitrogens with zero attached hydrogens (tertiary/aromatic N) is 2. The Kier molecular flexibility index (Phi) is 5.26. The van der Waals surface area contributed by atoms with Crippen molar-refractivity contribution in [1.82, 2.24) is 4.57 Å². The summed E-state index contributed by atoms with van der Waals surface area (Å²) < 4.78 is 12.8. The van der Waals surface area contributed by atoms with E-state index in [-0.39, 0.29) is 17.0 Å². The normalized spacial score (nSPS) is 15.1. The number of ether oxygens (including phenoxy) is 2. The number of pyridine rings is 1. The van der Waals surface area contributed by atoms with E-state index in [1.54, 1.807) is 17.7 Å². The minimum Gasteiger partial charge on any atom is -0.497 e. The molecule has 0 amide bonds. The van der Waals surface area contributed by atoms with Gasteiger partial charge in [0.15, 0.2) is 0 Å². The lowest BCUT2D eigenvalue weighted by Crippen LogP contribution is -2.33. The van der Waals surface area contributed by atoms with Gasteiger partial charge in [0.05, 0.1) is 25.1 Å². The zero-order valence-electron chi connectivity index (χ0n) is 17.7. The van der Waals surface area contributed by atoms with Crippen molar-refractivity contribution < 1.29 is 9.47 Å². The molecule has 0 saturated heterocycles. The zero-order chi connectivity index (χ0) is 22.1. The van der Waals surface area contributed by atoms with Crippen LogP contribution in [0.25, 0.3) is 0 Å². The number of hydrogen-bond donors (Lipinski definition) is 1. The quantitative estimate of drug-likeness (QED) is 0.704. The highest BCUT2D eigenvalue weighted by atomic mass is 16.5. The molecule has 4 rings (SSSR count). The van der Waals surface area contributed by atoms with Crippen molar-refractivity contribution >= 4 is 0 Å². The number of nitriles is 1. The van der Waals surface area contributed by atoms with E-state index in [4.69, 9.17) is 15.2 Å². The largest absolute Gasteiger partial charge is 0.497 e. The van der Waals surface area contributed by atoms with Crippen LogP contribution in [-0.4, -0.2) is 11.7 Å². The summed E-state index contributed by atoms with van der Waals surface area (Å²) in [5, 5.41) is 9.81. The van der Waals surface area contributed by atoms with Gasteiger partial charge in [-0.2, -0.15) is 5.26 Å². The van der Waals surface area contributed by atoms with Crippen molar-refractivity contribution in [3.05, 3.63) is 104 Å². The van der Waals surface area contributed by atoms with Crippen molar-refractivity contribution in [3.63, 3.8) is 0 Å². The zero-order valence-corrected chi connectivity index (χ0v) is 17.7. The predicted molar refractivity (Wildman–Crippen MR) is 118 cm³/mol. The summed E-state index contributed by atoms with van der Waals surface area (Å²) >= 11 is 0. The van der Waals surface area contributed by atoms with Crippen LogP contribution in [0.2, 0.25) is 0 Å². The molecule has 1 aliphatic rings. The van der Waals surface area contributed by atoms with Gasteiger partial charge in [0.2, 0.25) is 5.88 Å². The lowest BCUT2D eigenvalue weighted by molar-refractivity contribution is 0.388. The maximum Gasteiger partial charge on any atom is 0.259 e. The highest BCUT2D eigenvalue weighted by Crippen LogP contribution is 2.41. The van der Waals surface area contributed by atoms with Crippen LogP contribution in [0.3, 0.4) is 0 Å². The molecular weight excluding hydrogens is 390 g/mol. The molecule has 0 unspecified atom stereocenters. The molecule has 0 radical (unpaired) electrons. The fourth-order valence-corrected chi connectivity index (χ4v) is 3.91. The highest BCUT2D eigenvalue weighted by molar-refractivity contribution is 5.56. The second kappa shape index (κ2) is 8.04. The van der Waals surface area contributed by atoms with E-state index in [0.29, 0.717) is 23.6 Å². The predicted octanol–water partition coefficient (Wildman–Crippen LogP) is 3.74. The van der Waals surface area contributed by atoms with E-state index in [1.807, 2.05) is 62.4 Å². The van der Waals surface area contributed by atoms with Crippen LogP contribution in [0.5, 0.6) is 11.5 Å². The summed E-state index contributed by atoms with van der Waals surface area (Å²) in [4.78, 5) is 13.7. The van der Waals surface area contributed by atoms with Crippen LogP contribution in [0.1, 0.15) is 33.9 Å². The molecule has 3 aromatic rings. The number of rotatable bonds is 4. The molecule has 1 aromatic heterocycles. The molecule has 2 aromatic carbocycles. The van der Waals surface area contributed by atoms with Gasteiger partial charge in [0.25, 0.3) is 5.56 Å². The molecule has 0 aliphatic carbocycles. The van der Waals surface area contributed by atoms with Crippen molar-refractivity contribution in [3.8, 4) is 17.6 Å². The van der Waals surface area contributed by atoms with Crippen LogP contribution >= 0.6 is 0 Å². The van der Waals surface area contributed by atoms with Crippen molar-refractivity contribution in [2.24, 2.45) is 5.73 Å². The van der Waals surface area contributed by atoms with Gasteiger partial charge in [0, 0.05) is 11.8 Å². The van der Waals surface area contributed by atoms with Gasteiger partial charge in [-0.05, 0) is 37.1 Å². The van der Waals surface area contributed by atoms with E-state index < -0.39 is 5.92 Å². The first-order valence-corrected chi connectivity index (χ1v) is 9.94. The fraction of sp³-hybridized carbons (Fsp3) is 0.200.